The minimum atomic E-state index is 0. The van der Waals surface area contributed by atoms with Gasteiger partial charge in [-0.05, 0) is 78.7 Å². The van der Waals surface area contributed by atoms with Crippen LogP contribution in [-0.4, -0.2) is 38.9 Å². The summed E-state index contributed by atoms with van der Waals surface area (Å²) in [4.78, 5) is 3.57. The Morgan fingerprint density at radius 3 is 1.97 bits per heavy atom. The third-order valence-corrected chi connectivity index (χ3v) is 6.90. The molecule has 4 heteroatoms. The van der Waals surface area contributed by atoms with Crippen molar-refractivity contribution in [3.05, 3.63) is 77.9 Å². The molecule has 2 nitrogen and oxygen atoms in total. The number of benzene rings is 3. The van der Waals surface area contributed by atoms with E-state index in [0.29, 0.717) is 5.92 Å². The molecule has 2 unspecified atom stereocenters. The lowest BCUT2D eigenvalue weighted by Crippen LogP contribution is -2.31. The van der Waals surface area contributed by atoms with E-state index >= 15 is 0 Å². The predicted molar refractivity (Wildman–Crippen MR) is 136 cm³/mol. The highest BCUT2D eigenvalue weighted by Gasteiger charge is 2.30. The molecule has 0 bridgehead atoms. The second-order valence-corrected chi connectivity index (χ2v) is 9.32. The van der Waals surface area contributed by atoms with Crippen LogP contribution in [0.2, 0.25) is 0 Å². The van der Waals surface area contributed by atoms with Crippen molar-refractivity contribution >= 4 is 24.2 Å². The van der Waals surface area contributed by atoms with Crippen LogP contribution in [0.5, 0.6) is 0 Å². The molecule has 1 aliphatic rings. The number of hydrogen-bond donors (Lipinski definition) is 0. The zero-order valence-corrected chi connectivity index (χ0v) is 20.4. The summed E-state index contributed by atoms with van der Waals surface area (Å²) in [5, 5.41) is 0. The van der Waals surface area contributed by atoms with E-state index in [0.717, 1.165) is 13.0 Å². The highest BCUT2D eigenvalue weighted by molar-refractivity contribution is 7.98. The predicted octanol–water partition coefficient (Wildman–Crippen LogP) is 6.98. The van der Waals surface area contributed by atoms with Crippen LogP contribution in [0.3, 0.4) is 0 Å². The number of ether oxygens (including phenoxy) is 1. The van der Waals surface area contributed by atoms with Gasteiger partial charge in [-0.25, -0.2) is 0 Å². The molecule has 2 atom stereocenters. The van der Waals surface area contributed by atoms with E-state index in [-0.39, 0.29) is 18.5 Å². The topological polar surface area (TPSA) is 12.5 Å². The lowest BCUT2D eigenvalue weighted by atomic mass is 9.80. The molecule has 3 aromatic carbocycles. The molecule has 31 heavy (non-hydrogen) atoms. The van der Waals surface area contributed by atoms with Crippen LogP contribution in [0.1, 0.15) is 23.7 Å². The van der Waals surface area contributed by atoms with Gasteiger partial charge in [-0.3, -0.25) is 0 Å². The van der Waals surface area contributed by atoms with Gasteiger partial charge in [0.25, 0.3) is 0 Å². The van der Waals surface area contributed by atoms with Gasteiger partial charge in [0.2, 0.25) is 0 Å². The number of methoxy groups -OCH3 is 1. The molecule has 0 amide bonds. The normalized spacial score (nSPS) is 17.8. The van der Waals surface area contributed by atoms with Gasteiger partial charge in [0, 0.05) is 24.5 Å². The van der Waals surface area contributed by atoms with E-state index in [1.807, 2.05) is 7.11 Å². The lowest BCUT2D eigenvalue weighted by Gasteiger charge is -2.34. The monoisotopic (exact) mass is 453 g/mol. The maximum Gasteiger partial charge on any atom is 0.0864 e. The van der Waals surface area contributed by atoms with Crippen molar-refractivity contribution < 1.29 is 4.74 Å². The van der Waals surface area contributed by atoms with Crippen molar-refractivity contribution in [2.45, 2.75) is 23.8 Å². The number of thioether (sulfide) groups is 1. The number of halogens is 1. The van der Waals surface area contributed by atoms with Crippen molar-refractivity contribution in [3.8, 4) is 22.3 Å². The molecule has 0 radical (unpaired) electrons. The van der Waals surface area contributed by atoms with Crippen LogP contribution in [0.15, 0.2) is 71.6 Å². The first kappa shape index (κ1) is 23.9. The molecule has 0 fully saturated rings. The number of hydrogen-bond acceptors (Lipinski definition) is 3. The Kier molecular flexibility index (Phi) is 8.23. The minimum absolute atomic E-state index is 0. The molecule has 0 aromatic heterocycles. The Hall–Kier alpha value is -1.78. The third-order valence-electron chi connectivity index (χ3n) is 6.16. The average Bonchev–Trinajstić information content (AvgIpc) is 2.78. The van der Waals surface area contributed by atoms with Gasteiger partial charge in [-0.2, -0.15) is 0 Å². The Labute approximate surface area is 197 Å². The Morgan fingerprint density at radius 2 is 1.42 bits per heavy atom. The fourth-order valence-electron chi connectivity index (χ4n) is 4.64. The maximum atomic E-state index is 5.93. The Balaban J connectivity index is 0.00000272. The SMILES string of the molecule is COC1c2ccc(-c3ccc(-c4ccc(SC)cc4)cc3)cc2CCC1CN(C)C.Cl. The minimum Gasteiger partial charge on any atom is -0.376 e. The fraction of sp³-hybridized carbons (Fsp3) is 0.333. The van der Waals surface area contributed by atoms with Crippen LogP contribution >= 0.6 is 24.2 Å². The number of rotatable bonds is 6. The number of fused-ring (bicyclic) bond motifs is 1. The summed E-state index contributed by atoms with van der Waals surface area (Å²) >= 11 is 1.78. The van der Waals surface area contributed by atoms with Gasteiger partial charge in [0.15, 0.2) is 0 Å². The average molecular weight is 454 g/mol. The highest BCUT2D eigenvalue weighted by Crippen LogP contribution is 2.39. The van der Waals surface area contributed by atoms with E-state index in [1.165, 1.54) is 44.7 Å². The van der Waals surface area contributed by atoms with Gasteiger partial charge in [-0.15, -0.1) is 24.2 Å². The second kappa shape index (κ2) is 10.7. The van der Waals surface area contributed by atoms with Crippen molar-refractivity contribution in [2.24, 2.45) is 5.92 Å². The van der Waals surface area contributed by atoms with Gasteiger partial charge in [-0.1, -0.05) is 54.6 Å². The zero-order chi connectivity index (χ0) is 21.1. The maximum absolute atomic E-state index is 5.93. The summed E-state index contributed by atoms with van der Waals surface area (Å²) in [6.45, 7) is 1.07. The zero-order valence-electron chi connectivity index (χ0n) is 18.8. The van der Waals surface area contributed by atoms with E-state index in [4.69, 9.17) is 4.74 Å². The van der Waals surface area contributed by atoms with Crippen molar-refractivity contribution in [1.82, 2.24) is 4.90 Å². The first-order valence-corrected chi connectivity index (χ1v) is 11.9. The van der Waals surface area contributed by atoms with Gasteiger partial charge in [0.1, 0.15) is 0 Å². The van der Waals surface area contributed by atoms with E-state index in [9.17, 15) is 0 Å². The molecular formula is C27H32ClNOS. The molecule has 0 aliphatic heterocycles. The third kappa shape index (κ3) is 5.35. The summed E-state index contributed by atoms with van der Waals surface area (Å²) in [6, 6.07) is 24.6. The van der Waals surface area contributed by atoms with Crippen molar-refractivity contribution in [2.75, 3.05) is 34.0 Å². The number of aryl methyl sites for hydroxylation is 1. The summed E-state index contributed by atoms with van der Waals surface area (Å²) in [6.07, 6.45) is 4.61. The summed E-state index contributed by atoms with van der Waals surface area (Å²) < 4.78 is 5.93. The second-order valence-electron chi connectivity index (χ2n) is 8.44. The van der Waals surface area contributed by atoms with Crippen LogP contribution in [-0.2, 0) is 11.2 Å². The van der Waals surface area contributed by atoms with Crippen LogP contribution in [0.4, 0.5) is 0 Å². The molecule has 0 spiro atoms. The molecular weight excluding hydrogens is 422 g/mol. The fourth-order valence-corrected chi connectivity index (χ4v) is 5.05. The highest BCUT2D eigenvalue weighted by atomic mass is 35.5. The summed E-state index contributed by atoms with van der Waals surface area (Å²) in [5.41, 5.74) is 7.89. The molecule has 4 rings (SSSR count). The number of nitrogens with zero attached hydrogens (tertiary/aromatic N) is 1. The quantitative estimate of drug-likeness (QED) is 0.373. The molecule has 3 aromatic rings. The molecule has 0 saturated heterocycles. The van der Waals surface area contributed by atoms with Gasteiger partial charge in [0.05, 0.1) is 6.10 Å². The molecule has 1 aliphatic carbocycles. The molecule has 0 N–H and O–H groups in total. The van der Waals surface area contributed by atoms with Gasteiger partial charge >= 0.3 is 0 Å². The smallest absolute Gasteiger partial charge is 0.0864 e. The van der Waals surface area contributed by atoms with Gasteiger partial charge < -0.3 is 9.64 Å². The first-order chi connectivity index (χ1) is 14.6. The van der Waals surface area contributed by atoms with Crippen molar-refractivity contribution in [1.29, 1.82) is 0 Å². The summed E-state index contributed by atoms with van der Waals surface area (Å²) in [7, 11) is 6.14. The van der Waals surface area contributed by atoms with Crippen LogP contribution in [0.25, 0.3) is 22.3 Å². The lowest BCUT2D eigenvalue weighted by molar-refractivity contribution is 0.0299. The van der Waals surface area contributed by atoms with Crippen LogP contribution < -0.4 is 0 Å². The van der Waals surface area contributed by atoms with E-state index < -0.39 is 0 Å². The molecule has 164 valence electrons. The molecule has 0 heterocycles. The van der Waals surface area contributed by atoms with Crippen LogP contribution in [0, 0.1) is 5.92 Å². The Bertz CT molecular complexity index is 985. The summed E-state index contributed by atoms with van der Waals surface area (Å²) in [5.74, 6) is 0.556. The standard InChI is InChI=1S/C27H31NOS.ClH/c1-28(2)18-24-10-9-23-17-22(13-16-26(23)27(24)29-3)21-7-5-19(6-8-21)20-11-14-25(30-4)15-12-20;/h5-8,11-17,24,27H,9-10,18H2,1-4H3;1H. The van der Waals surface area contributed by atoms with E-state index in [2.05, 4.69) is 92.0 Å². The molecule has 0 saturated carbocycles. The Morgan fingerprint density at radius 1 is 0.871 bits per heavy atom. The first-order valence-electron chi connectivity index (χ1n) is 10.6. The van der Waals surface area contributed by atoms with Crippen molar-refractivity contribution in [3.63, 3.8) is 0 Å². The largest absolute Gasteiger partial charge is 0.376 e. The van der Waals surface area contributed by atoms with E-state index in [1.54, 1.807) is 11.8 Å².